The Morgan fingerprint density at radius 1 is 1.44 bits per heavy atom. The van der Waals surface area contributed by atoms with Gasteiger partial charge < -0.3 is 15.1 Å². The number of aliphatic hydroxyl groups is 1. The van der Waals surface area contributed by atoms with E-state index in [1.807, 2.05) is 23.9 Å². The average molecular weight is 268 g/mol. The first-order valence-electron chi connectivity index (χ1n) is 6.41. The number of nitrogens with one attached hydrogen (secondary N) is 1. The minimum Gasteiger partial charge on any atom is -0.508 e. The lowest BCUT2D eigenvalue weighted by atomic mass is 9.79. The molecule has 100 valence electrons. The van der Waals surface area contributed by atoms with E-state index < -0.39 is 5.60 Å². The number of benzene rings is 1. The van der Waals surface area contributed by atoms with Crippen LogP contribution in [0.25, 0.3) is 0 Å². The third kappa shape index (κ3) is 2.82. The molecule has 0 aromatic heterocycles. The van der Waals surface area contributed by atoms with Gasteiger partial charge in [-0.05, 0) is 29.9 Å². The van der Waals surface area contributed by atoms with Crippen LogP contribution in [0.1, 0.15) is 12.0 Å². The van der Waals surface area contributed by atoms with Crippen LogP contribution >= 0.6 is 11.8 Å². The van der Waals surface area contributed by atoms with Gasteiger partial charge in [0, 0.05) is 5.75 Å². The van der Waals surface area contributed by atoms with Crippen molar-refractivity contribution in [2.75, 3.05) is 32.1 Å². The summed E-state index contributed by atoms with van der Waals surface area (Å²) < 4.78 is 0. The van der Waals surface area contributed by atoms with Gasteiger partial charge in [0.25, 0.3) is 0 Å². The monoisotopic (exact) mass is 268 g/mol. The van der Waals surface area contributed by atoms with Crippen molar-refractivity contribution in [3.8, 4) is 5.75 Å². The summed E-state index contributed by atoms with van der Waals surface area (Å²) in [6, 6.07) is 7.09. The number of thioether (sulfide) groups is 1. The van der Waals surface area contributed by atoms with Crippen molar-refractivity contribution in [2.24, 2.45) is 5.92 Å². The summed E-state index contributed by atoms with van der Waals surface area (Å²) >= 11 is 1.91. The topological polar surface area (TPSA) is 44.9 Å². The van der Waals surface area contributed by atoms with Crippen LogP contribution in [0.4, 0.5) is 0 Å². The van der Waals surface area contributed by atoms with Crippen LogP contribution in [0.5, 0.6) is 5.75 Å². The maximum atomic E-state index is 11.0. The number of hydrogen-bond donors (Lipinski definition) is 3. The van der Waals surface area contributed by atoms with Crippen LogP contribution in [0.15, 0.2) is 24.3 Å². The largest absolute Gasteiger partial charge is 0.508 e. The van der Waals surface area contributed by atoms with Gasteiger partial charge >= 0.3 is 0 Å². The molecule has 1 aliphatic rings. The van der Waals surface area contributed by atoms with Crippen molar-refractivity contribution >= 4 is 11.8 Å². The average Bonchev–Trinajstić information content (AvgIpc) is 2.32. The molecule has 1 saturated heterocycles. The highest BCUT2D eigenvalue weighted by atomic mass is 32.2. The van der Waals surface area contributed by atoms with Gasteiger partial charge in [0.05, 0.1) is 32.2 Å². The summed E-state index contributed by atoms with van der Waals surface area (Å²) in [6.45, 7) is 0.944. The van der Waals surface area contributed by atoms with Crippen LogP contribution in [0.3, 0.4) is 0 Å². The molecule has 18 heavy (non-hydrogen) atoms. The molecule has 1 fully saturated rings. The van der Waals surface area contributed by atoms with Crippen molar-refractivity contribution in [3.05, 3.63) is 29.8 Å². The third-order valence-corrected chi connectivity index (χ3v) is 4.75. The molecule has 0 saturated carbocycles. The highest BCUT2D eigenvalue weighted by molar-refractivity contribution is 7.99. The molecule has 0 bridgehead atoms. The smallest absolute Gasteiger partial charge is 0.115 e. The highest BCUT2D eigenvalue weighted by Crippen LogP contribution is 2.40. The lowest BCUT2D eigenvalue weighted by Gasteiger charge is -2.40. The number of rotatable bonds is 3. The molecule has 4 heteroatoms. The van der Waals surface area contributed by atoms with E-state index in [9.17, 15) is 10.2 Å². The predicted octanol–water partition coefficient (Wildman–Crippen LogP) is 0.477. The highest BCUT2D eigenvalue weighted by Gasteiger charge is 2.42. The van der Waals surface area contributed by atoms with E-state index in [2.05, 4.69) is 14.1 Å². The van der Waals surface area contributed by atoms with Crippen molar-refractivity contribution in [1.29, 1.82) is 0 Å². The summed E-state index contributed by atoms with van der Waals surface area (Å²) in [5, 5.41) is 20.6. The summed E-state index contributed by atoms with van der Waals surface area (Å²) in [7, 11) is 4.23. The molecular weight excluding hydrogens is 246 g/mol. The Morgan fingerprint density at radius 3 is 2.89 bits per heavy atom. The third-order valence-electron chi connectivity index (χ3n) is 3.62. The van der Waals surface area contributed by atoms with Crippen molar-refractivity contribution in [3.63, 3.8) is 0 Å². The number of quaternary nitrogens is 1. The molecule has 0 unspecified atom stereocenters. The molecule has 1 aromatic rings. The van der Waals surface area contributed by atoms with Crippen LogP contribution in [0.2, 0.25) is 0 Å². The van der Waals surface area contributed by atoms with Gasteiger partial charge in [-0.3, -0.25) is 0 Å². The summed E-state index contributed by atoms with van der Waals surface area (Å²) in [5.74, 6) is 2.43. The number of phenols is 1. The lowest BCUT2D eigenvalue weighted by Crippen LogP contribution is -3.07. The van der Waals surface area contributed by atoms with Crippen LogP contribution in [-0.4, -0.2) is 42.4 Å². The summed E-state index contributed by atoms with van der Waals surface area (Å²) in [6.07, 6.45) is 0.763. The van der Waals surface area contributed by atoms with Crippen LogP contribution < -0.4 is 4.90 Å². The zero-order valence-corrected chi connectivity index (χ0v) is 11.8. The maximum Gasteiger partial charge on any atom is 0.115 e. The first-order valence-corrected chi connectivity index (χ1v) is 7.56. The van der Waals surface area contributed by atoms with Crippen LogP contribution in [-0.2, 0) is 5.60 Å². The molecule has 3 N–H and O–H groups in total. The fraction of sp³-hybridized carbons (Fsp3) is 0.571. The molecule has 1 aliphatic heterocycles. The summed E-state index contributed by atoms with van der Waals surface area (Å²) in [5.41, 5.74) is 0.0652. The maximum absolute atomic E-state index is 11.0. The number of aromatic hydroxyl groups is 1. The van der Waals surface area contributed by atoms with Crippen molar-refractivity contribution in [1.82, 2.24) is 0 Å². The quantitative estimate of drug-likeness (QED) is 0.747. The van der Waals surface area contributed by atoms with Gasteiger partial charge in [-0.1, -0.05) is 12.1 Å². The van der Waals surface area contributed by atoms with E-state index >= 15 is 0 Å². The Kier molecular flexibility index (Phi) is 4.20. The Morgan fingerprint density at radius 2 is 2.22 bits per heavy atom. The minimum atomic E-state index is -0.790. The molecule has 2 atom stereocenters. The second-order valence-corrected chi connectivity index (χ2v) is 6.56. The van der Waals surface area contributed by atoms with E-state index in [-0.39, 0.29) is 11.7 Å². The van der Waals surface area contributed by atoms with E-state index in [0.717, 1.165) is 30.0 Å². The Bertz CT molecular complexity index is 411. The van der Waals surface area contributed by atoms with E-state index in [1.54, 1.807) is 12.1 Å². The van der Waals surface area contributed by atoms with E-state index in [4.69, 9.17) is 0 Å². The van der Waals surface area contributed by atoms with Crippen molar-refractivity contribution < 1.29 is 15.1 Å². The standard InChI is InChI=1S/C14H21NO2S/c1-15(2)9-12-10-18-7-6-14(12,17)11-4-3-5-13(16)8-11/h3-5,8,12,16-17H,6-7,9-10H2,1-2H3/p+1/t12-,14+/m0/s1. The van der Waals surface area contributed by atoms with Crippen molar-refractivity contribution in [2.45, 2.75) is 12.0 Å². The van der Waals surface area contributed by atoms with Gasteiger partial charge in [-0.25, -0.2) is 0 Å². The fourth-order valence-corrected chi connectivity index (χ4v) is 3.97. The zero-order valence-electron chi connectivity index (χ0n) is 11.0. The fourth-order valence-electron chi connectivity index (χ4n) is 2.67. The second kappa shape index (κ2) is 5.51. The Balaban J connectivity index is 2.29. The van der Waals surface area contributed by atoms with Gasteiger partial charge in [-0.15, -0.1) is 0 Å². The molecule has 3 nitrogen and oxygen atoms in total. The second-order valence-electron chi connectivity index (χ2n) is 5.41. The van der Waals surface area contributed by atoms with Crippen LogP contribution in [0, 0.1) is 5.92 Å². The predicted molar refractivity (Wildman–Crippen MR) is 75.1 cm³/mol. The molecule has 1 aromatic carbocycles. The number of phenolic OH excluding ortho intramolecular Hbond substituents is 1. The van der Waals surface area contributed by atoms with Gasteiger partial charge in [0.2, 0.25) is 0 Å². The normalized spacial score (nSPS) is 28.6. The molecule has 0 aliphatic carbocycles. The van der Waals surface area contributed by atoms with Gasteiger partial charge in [0.15, 0.2) is 0 Å². The van der Waals surface area contributed by atoms with Gasteiger partial charge in [0.1, 0.15) is 5.75 Å². The number of hydrogen-bond acceptors (Lipinski definition) is 3. The molecule has 0 spiro atoms. The van der Waals surface area contributed by atoms with Gasteiger partial charge in [-0.2, -0.15) is 11.8 Å². The molecular formula is C14H22NO2S+. The molecule has 1 heterocycles. The Labute approximate surface area is 113 Å². The minimum absolute atomic E-state index is 0.232. The van der Waals surface area contributed by atoms with E-state index in [1.165, 1.54) is 4.90 Å². The zero-order chi connectivity index (χ0) is 13.2. The van der Waals surface area contributed by atoms with E-state index in [0.29, 0.717) is 0 Å². The summed E-state index contributed by atoms with van der Waals surface area (Å²) in [4.78, 5) is 1.35. The SMILES string of the molecule is C[NH+](C)C[C@H]1CSCC[C@@]1(O)c1cccc(O)c1. The first kappa shape index (κ1) is 13.7. The molecule has 0 radical (unpaired) electrons. The molecule has 0 amide bonds. The lowest BCUT2D eigenvalue weighted by molar-refractivity contribution is -0.863. The Hall–Kier alpha value is -0.710. The molecule has 2 rings (SSSR count). The first-order chi connectivity index (χ1) is 8.52.